The highest BCUT2D eigenvalue weighted by Gasteiger charge is 2.49. The summed E-state index contributed by atoms with van der Waals surface area (Å²) in [5.41, 5.74) is -1.62. The lowest BCUT2D eigenvalue weighted by Crippen LogP contribution is -2.52. The maximum atomic E-state index is 12.7. The van der Waals surface area contributed by atoms with Crippen LogP contribution in [0.15, 0.2) is 18.3 Å². The van der Waals surface area contributed by atoms with E-state index in [1.807, 2.05) is 6.92 Å². The van der Waals surface area contributed by atoms with E-state index in [1.54, 1.807) is 34.6 Å². The number of aromatic nitrogens is 1. The number of hydrogen-bond donors (Lipinski definition) is 1. The summed E-state index contributed by atoms with van der Waals surface area (Å²) in [4.78, 5) is 28.9. The topological polar surface area (TPSA) is 107 Å². The number of amides is 1. The highest BCUT2D eigenvalue weighted by atomic mass is 16.6. The molecule has 2 rings (SSSR count). The molecule has 0 aliphatic carbocycles. The normalized spacial score (nSPS) is 22.2. The van der Waals surface area contributed by atoms with E-state index >= 15 is 0 Å². The second-order valence-corrected chi connectivity index (χ2v) is 7.70. The van der Waals surface area contributed by atoms with Crippen molar-refractivity contribution in [3.63, 3.8) is 0 Å². The van der Waals surface area contributed by atoms with Crippen LogP contribution in [0.2, 0.25) is 0 Å². The van der Waals surface area contributed by atoms with Crippen molar-refractivity contribution in [3.8, 4) is 0 Å². The number of nitrogens with one attached hydrogen (secondary N) is 1. The smallest absolute Gasteiger partial charge is 0.412 e. The molecule has 0 aromatic carbocycles. The van der Waals surface area contributed by atoms with E-state index < -0.39 is 22.3 Å². The first-order valence-electron chi connectivity index (χ1n) is 8.46. The lowest BCUT2D eigenvalue weighted by molar-refractivity contribution is -0.384. The van der Waals surface area contributed by atoms with Gasteiger partial charge in [-0.2, -0.15) is 0 Å². The van der Waals surface area contributed by atoms with Crippen molar-refractivity contribution in [2.24, 2.45) is 0 Å². The molecule has 9 heteroatoms. The lowest BCUT2D eigenvalue weighted by Gasteiger charge is -2.35. The third-order valence-corrected chi connectivity index (χ3v) is 3.98. The summed E-state index contributed by atoms with van der Waals surface area (Å²) in [5, 5.41) is 14.1. The van der Waals surface area contributed by atoms with Crippen LogP contribution in [0.4, 0.5) is 16.3 Å². The Morgan fingerprint density at radius 1 is 1.50 bits per heavy atom. The van der Waals surface area contributed by atoms with E-state index in [1.165, 1.54) is 23.2 Å². The van der Waals surface area contributed by atoms with Crippen molar-refractivity contribution in [1.82, 2.24) is 9.88 Å². The number of nitrogens with zero attached hydrogens (tertiary/aromatic N) is 3. The Morgan fingerprint density at radius 3 is 2.73 bits per heavy atom. The first-order chi connectivity index (χ1) is 11.9. The van der Waals surface area contributed by atoms with Crippen LogP contribution in [0.25, 0.3) is 0 Å². The molecule has 1 saturated heterocycles. The zero-order chi connectivity index (χ0) is 19.7. The Balaban J connectivity index is 2.20. The number of carbonyl (C=O) groups is 1. The molecule has 1 fully saturated rings. The second kappa shape index (κ2) is 7.06. The molecule has 1 aliphatic rings. The first-order valence-corrected chi connectivity index (χ1v) is 8.46. The summed E-state index contributed by atoms with van der Waals surface area (Å²) >= 11 is 0. The molecular formula is C17H26N4O5. The monoisotopic (exact) mass is 366 g/mol. The van der Waals surface area contributed by atoms with Gasteiger partial charge in [0.05, 0.1) is 17.1 Å². The standard InChI is InChI=1S/C17H26N4O5/c1-11-13(10-19-14-12(21(23)24)8-7-9-18-14)20(17(5,6)25-11)15(22)26-16(2,3)4/h7-9,11,13H,10H2,1-6H3,(H,18,19)/t11-,13-/m1/s1. The Morgan fingerprint density at radius 2 is 2.15 bits per heavy atom. The van der Waals surface area contributed by atoms with Crippen LogP contribution < -0.4 is 5.32 Å². The minimum absolute atomic E-state index is 0.123. The molecule has 1 amide bonds. The Labute approximate surface area is 152 Å². The first kappa shape index (κ1) is 19.9. The number of nitro groups is 1. The zero-order valence-electron chi connectivity index (χ0n) is 16.0. The maximum Gasteiger partial charge on any atom is 0.412 e. The Hall–Kier alpha value is -2.42. The summed E-state index contributed by atoms with van der Waals surface area (Å²) in [5.74, 6) is 0.151. The fourth-order valence-electron chi connectivity index (χ4n) is 3.00. The van der Waals surface area contributed by atoms with Gasteiger partial charge in [-0.05, 0) is 47.6 Å². The predicted octanol–water partition coefficient (Wildman–Crippen LogP) is 3.16. The van der Waals surface area contributed by atoms with Gasteiger partial charge in [-0.3, -0.25) is 15.0 Å². The summed E-state index contributed by atoms with van der Waals surface area (Å²) in [6.07, 6.45) is 0.696. The minimum atomic E-state index is -0.857. The maximum absolute atomic E-state index is 12.7. The summed E-state index contributed by atoms with van der Waals surface area (Å²) in [7, 11) is 0. The van der Waals surface area contributed by atoms with Gasteiger partial charge in [0.15, 0.2) is 0 Å². The largest absolute Gasteiger partial charge is 0.444 e. The van der Waals surface area contributed by atoms with Crippen molar-refractivity contribution in [2.45, 2.75) is 65.0 Å². The van der Waals surface area contributed by atoms with E-state index in [2.05, 4.69) is 10.3 Å². The van der Waals surface area contributed by atoms with Crippen LogP contribution >= 0.6 is 0 Å². The number of carbonyl (C=O) groups excluding carboxylic acids is 1. The highest BCUT2D eigenvalue weighted by molar-refractivity contribution is 5.70. The van der Waals surface area contributed by atoms with E-state index in [0.29, 0.717) is 0 Å². The average Bonchev–Trinajstić information content (AvgIpc) is 2.71. The third kappa shape index (κ3) is 4.40. The summed E-state index contributed by atoms with van der Waals surface area (Å²) in [6, 6.07) is 2.50. The number of anilines is 1. The molecule has 9 nitrogen and oxygen atoms in total. The summed E-state index contributed by atoms with van der Waals surface area (Å²) < 4.78 is 11.4. The lowest BCUT2D eigenvalue weighted by atomic mass is 10.1. The third-order valence-electron chi connectivity index (χ3n) is 3.98. The Kier molecular flexibility index (Phi) is 5.41. The van der Waals surface area contributed by atoms with E-state index in [4.69, 9.17) is 9.47 Å². The molecule has 144 valence electrons. The number of pyridine rings is 1. The van der Waals surface area contributed by atoms with Crippen LogP contribution in [0.1, 0.15) is 41.5 Å². The van der Waals surface area contributed by atoms with Crippen LogP contribution in [-0.4, -0.2) is 50.9 Å². The molecule has 1 N–H and O–H groups in total. The van der Waals surface area contributed by atoms with Crippen LogP contribution in [0.3, 0.4) is 0 Å². The molecular weight excluding hydrogens is 340 g/mol. The van der Waals surface area contributed by atoms with Gasteiger partial charge in [0.2, 0.25) is 5.82 Å². The molecule has 2 atom stereocenters. The van der Waals surface area contributed by atoms with E-state index in [9.17, 15) is 14.9 Å². The van der Waals surface area contributed by atoms with Gasteiger partial charge in [0.1, 0.15) is 11.3 Å². The quantitative estimate of drug-likeness (QED) is 0.644. The Bertz CT molecular complexity index is 686. The van der Waals surface area contributed by atoms with Crippen molar-refractivity contribution in [2.75, 3.05) is 11.9 Å². The molecule has 26 heavy (non-hydrogen) atoms. The van der Waals surface area contributed by atoms with E-state index in [-0.39, 0.29) is 30.2 Å². The van der Waals surface area contributed by atoms with Gasteiger partial charge in [0.25, 0.3) is 0 Å². The van der Waals surface area contributed by atoms with Gasteiger partial charge in [-0.1, -0.05) is 0 Å². The van der Waals surface area contributed by atoms with Gasteiger partial charge in [-0.15, -0.1) is 0 Å². The van der Waals surface area contributed by atoms with Gasteiger partial charge in [0, 0.05) is 18.8 Å². The van der Waals surface area contributed by atoms with Crippen LogP contribution in [0, 0.1) is 10.1 Å². The number of ether oxygens (including phenoxy) is 2. The fourth-order valence-corrected chi connectivity index (χ4v) is 3.00. The molecule has 2 heterocycles. The predicted molar refractivity (Wildman–Crippen MR) is 95.9 cm³/mol. The number of rotatable bonds is 4. The molecule has 0 unspecified atom stereocenters. The van der Waals surface area contributed by atoms with Crippen molar-refractivity contribution in [3.05, 3.63) is 28.4 Å². The van der Waals surface area contributed by atoms with Crippen LogP contribution in [-0.2, 0) is 9.47 Å². The molecule has 1 aliphatic heterocycles. The number of hydrogen-bond acceptors (Lipinski definition) is 7. The highest BCUT2D eigenvalue weighted by Crippen LogP contribution is 2.34. The van der Waals surface area contributed by atoms with Crippen molar-refractivity contribution in [1.29, 1.82) is 0 Å². The molecule has 0 radical (unpaired) electrons. The van der Waals surface area contributed by atoms with Gasteiger partial charge in [-0.25, -0.2) is 9.78 Å². The van der Waals surface area contributed by atoms with Crippen LogP contribution in [0.5, 0.6) is 0 Å². The van der Waals surface area contributed by atoms with Crippen molar-refractivity contribution >= 4 is 17.6 Å². The molecule has 0 bridgehead atoms. The average molecular weight is 366 g/mol. The van der Waals surface area contributed by atoms with Gasteiger partial charge >= 0.3 is 11.8 Å². The fraction of sp³-hybridized carbons (Fsp3) is 0.647. The molecule has 0 spiro atoms. The van der Waals surface area contributed by atoms with Crippen molar-refractivity contribution < 1.29 is 19.2 Å². The minimum Gasteiger partial charge on any atom is -0.444 e. The second-order valence-electron chi connectivity index (χ2n) is 7.70. The van der Waals surface area contributed by atoms with Gasteiger partial charge < -0.3 is 14.8 Å². The molecule has 1 aromatic rings. The molecule has 1 aromatic heterocycles. The zero-order valence-corrected chi connectivity index (χ0v) is 16.0. The summed E-state index contributed by atoms with van der Waals surface area (Å²) in [6.45, 7) is 11.1. The molecule has 0 saturated carbocycles. The van der Waals surface area contributed by atoms with E-state index in [0.717, 1.165) is 0 Å². The SMILES string of the molecule is C[C@H]1OC(C)(C)N(C(=O)OC(C)(C)C)[C@@H]1CNc1ncccc1[N+](=O)[O-].